The zero-order valence-corrected chi connectivity index (χ0v) is 17.2. The minimum absolute atomic E-state index is 0.125. The Kier molecular flexibility index (Phi) is 4.34. The first-order valence-corrected chi connectivity index (χ1v) is 10.6. The fourth-order valence-corrected chi connectivity index (χ4v) is 4.99. The molecule has 3 aliphatic heterocycles. The van der Waals surface area contributed by atoms with Gasteiger partial charge in [-0.15, -0.1) is 0 Å². The van der Waals surface area contributed by atoms with Crippen LogP contribution in [0.25, 0.3) is 0 Å². The highest BCUT2D eigenvalue weighted by Gasteiger charge is 2.33. The summed E-state index contributed by atoms with van der Waals surface area (Å²) >= 11 is 0. The molecule has 0 N–H and O–H groups in total. The summed E-state index contributed by atoms with van der Waals surface area (Å²) in [6.45, 7) is 8.27. The number of hydrogen-bond donors (Lipinski definition) is 0. The third kappa shape index (κ3) is 3.00. The van der Waals surface area contributed by atoms with Crippen LogP contribution in [-0.2, 0) is 17.6 Å². The molecule has 0 unspecified atom stereocenters. The van der Waals surface area contributed by atoms with Crippen LogP contribution in [0.4, 0.5) is 11.4 Å². The molecule has 1 fully saturated rings. The molecule has 5 heteroatoms. The van der Waals surface area contributed by atoms with Gasteiger partial charge < -0.3 is 14.7 Å². The van der Waals surface area contributed by atoms with E-state index in [4.69, 9.17) is 0 Å². The standard InChI is InChI=1S/C24H27N3O2/c1-16-4-3-5-21(17(16)2)25-10-12-26(13-11-25)24(29)20-14-18-6-7-22(28)27-9-8-19(15-20)23(18)27/h3-5,14-15H,6-13H2,1-2H3. The van der Waals surface area contributed by atoms with E-state index in [1.54, 1.807) is 0 Å². The molecule has 0 saturated carbocycles. The van der Waals surface area contributed by atoms with Gasteiger partial charge in [0.25, 0.3) is 5.91 Å². The van der Waals surface area contributed by atoms with E-state index in [9.17, 15) is 9.59 Å². The van der Waals surface area contributed by atoms with E-state index >= 15 is 0 Å². The van der Waals surface area contributed by atoms with Crippen LogP contribution in [-0.4, -0.2) is 49.4 Å². The summed E-state index contributed by atoms with van der Waals surface area (Å²) in [5, 5.41) is 0. The third-order valence-electron chi connectivity index (χ3n) is 6.78. The van der Waals surface area contributed by atoms with Gasteiger partial charge in [-0.1, -0.05) is 12.1 Å². The van der Waals surface area contributed by atoms with Crippen molar-refractivity contribution in [2.45, 2.75) is 33.1 Å². The average molecular weight is 389 g/mol. The monoisotopic (exact) mass is 389 g/mol. The van der Waals surface area contributed by atoms with Crippen molar-refractivity contribution in [2.75, 3.05) is 42.5 Å². The van der Waals surface area contributed by atoms with Crippen LogP contribution >= 0.6 is 0 Å². The second kappa shape index (κ2) is 6.90. The number of aryl methyl sites for hydroxylation is 2. The van der Waals surface area contributed by atoms with Crippen LogP contribution in [0.5, 0.6) is 0 Å². The predicted octanol–water partition coefficient (Wildman–Crippen LogP) is 3.10. The van der Waals surface area contributed by atoms with E-state index < -0.39 is 0 Å². The van der Waals surface area contributed by atoms with Crippen molar-refractivity contribution in [3.05, 3.63) is 58.1 Å². The molecule has 1 saturated heterocycles. The molecule has 0 atom stereocenters. The molecule has 0 radical (unpaired) electrons. The molecule has 0 aromatic heterocycles. The van der Waals surface area contributed by atoms with Crippen LogP contribution in [0, 0.1) is 13.8 Å². The summed E-state index contributed by atoms with van der Waals surface area (Å²) in [6.07, 6.45) is 2.16. The van der Waals surface area contributed by atoms with E-state index in [2.05, 4.69) is 36.9 Å². The van der Waals surface area contributed by atoms with Gasteiger partial charge in [0.2, 0.25) is 5.91 Å². The lowest BCUT2D eigenvalue weighted by Crippen LogP contribution is -2.49. The number of hydrogen-bond acceptors (Lipinski definition) is 3. The highest BCUT2D eigenvalue weighted by Crippen LogP contribution is 2.37. The first-order valence-electron chi connectivity index (χ1n) is 10.6. The molecule has 0 spiro atoms. The van der Waals surface area contributed by atoms with E-state index in [1.165, 1.54) is 16.8 Å². The number of carbonyl (C=O) groups excluding carboxylic acids is 2. The molecule has 3 heterocycles. The van der Waals surface area contributed by atoms with E-state index in [1.807, 2.05) is 21.9 Å². The lowest BCUT2D eigenvalue weighted by Gasteiger charge is -2.37. The van der Waals surface area contributed by atoms with Crippen LogP contribution < -0.4 is 9.80 Å². The number of anilines is 2. The van der Waals surface area contributed by atoms with E-state index in [0.29, 0.717) is 6.42 Å². The van der Waals surface area contributed by atoms with Gasteiger partial charge in [-0.3, -0.25) is 9.59 Å². The summed E-state index contributed by atoms with van der Waals surface area (Å²) in [6, 6.07) is 10.5. The van der Waals surface area contributed by atoms with Gasteiger partial charge in [0.05, 0.1) is 5.69 Å². The predicted molar refractivity (Wildman–Crippen MR) is 115 cm³/mol. The third-order valence-corrected chi connectivity index (χ3v) is 6.78. The Hall–Kier alpha value is -2.82. The molecule has 0 bridgehead atoms. The van der Waals surface area contributed by atoms with Crippen molar-refractivity contribution in [3.8, 4) is 0 Å². The molecule has 0 aliphatic carbocycles. The zero-order valence-electron chi connectivity index (χ0n) is 17.2. The van der Waals surface area contributed by atoms with E-state index in [-0.39, 0.29) is 11.8 Å². The molecule has 3 aliphatic rings. The highest BCUT2D eigenvalue weighted by atomic mass is 16.2. The molecule has 5 nitrogen and oxygen atoms in total. The maximum Gasteiger partial charge on any atom is 0.253 e. The zero-order chi connectivity index (χ0) is 20.1. The molecular formula is C24H27N3O2. The Morgan fingerprint density at radius 2 is 1.62 bits per heavy atom. The number of amides is 2. The van der Waals surface area contributed by atoms with Crippen LogP contribution in [0.3, 0.4) is 0 Å². The van der Waals surface area contributed by atoms with Gasteiger partial charge in [0, 0.05) is 50.4 Å². The van der Waals surface area contributed by atoms with Gasteiger partial charge in [-0.2, -0.15) is 0 Å². The Bertz CT molecular complexity index is 1010. The second-order valence-corrected chi connectivity index (χ2v) is 8.44. The van der Waals surface area contributed by atoms with Gasteiger partial charge in [0.15, 0.2) is 0 Å². The lowest BCUT2D eigenvalue weighted by atomic mass is 9.96. The van der Waals surface area contributed by atoms with E-state index in [0.717, 1.165) is 67.9 Å². The fraction of sp³-hybridized carbons (Fsp3) is 0.417. The number of rotatable bonds is 2. The lowest BCUT2D eigenvalue weighted by molar-refractivity contribution is -0.118. The Morgan fingerprint density at radius 3 is 2.38 bits per heavy atom. The minimum atomic E-state index is 0.125. The normalized spacial score (nSPS) is 18.3. The molecule has 29 heavy (non-hydrogen) atoms. The highest BCUT2D eigenvalue weighted by molar-refractivity contribution is 6.01. The second-order valence-electron chi connectivity index (χ2n) is 8.44. The molecule has 150 valence electrons. The number of carbonyl (C=O) groups is 2. The molecular weight excluding hydrogens is 362 g/mol. The summed E-state index contributed by atoms with van der Waals surface area (Å²) in [5.74, 6) is 0.345. The van der Waals surface area contributed by atoms with Gasteiger partial charge in [-0.05, 0) is 67.1 Å². The van der Waals surface area contributed by atoms with Crippen molar-refractivity contribution in [1.29, 1.82) is 0 Å². The molecule has 2 aromatic rings. The van der Waals surface area contributed by atoms with Crippen molar-refractivity contribution in [3.63, 3.8) is 0 Å². The average Bonchev–Trinajstić information content (AvgIpc) is 3.18. The summed E-state index contributed by atoms with van der Waals surface area (Å²) in [7, 11) is 0. The molecule has 2 aromatic carbocycles. The number of nitrogens with zero attached hydrogens (tertiary/aromatic N) is 3. The SMILES string of the molecule is Cc1cccc(N2CCN(C(=O)c3cc4c5c(c3)CCN5C(=O)CC4)CC2)c1C. The smallest absolute Gasteiger partial charge is 0.253 e. The summed E-state index contributed by atoms with van der Waals surface area (Å²) in [5.41, 5.74) is 8.10. The van der Waals surface area contributed by atoms with Gasteiger partial charge in [0.1, 0.15) is 0 Å². The van der Waals surface area contributed by atoms with Crippen molar-refractivity contribution >= 4 is 23.2 Å². The topological polar surface area (TPSA) is 43.9 Å². The molecule has 5 rings (SSSR count). The Labute approximate surface area is 171 Å². The Morgan fingerprint density at radius 1 is 0.897 bits per heavy atom. The number of piperazine rings is 1. The first kappa shape index (κ1) is 18.2. The van der Waals surface area contributed by atoms with Crippen molar-refractivity contribution < 1.29 is 9.59 Å². The fourth-order valence-electron chi connectivity index (χ4n) is 4.99. The summed E-state index contributed by atoms with van der Waals surface area (Å²) in [4.78, 5) is 31.6. The number of benzene rings is 2. The quantitative estimate of drug-likeness (QED) is 0.793. The van der Waals surface area contributed by atoms with Crippen molar-refractivity contribution in [1.82, 2.24) is 4.90 Å². The van der Waals surface area contributed by atoms with Crippen LogP contribution in [0.2, 0.25) is 0 Å². The van der Waals surface area contributed by atoms with Crippen LogP contribution in [0.1, 0.15) is 39.0 Å². The molecule has 2 amide bonds. The van der Waals surface area contributed by atoms with Crippen LogP contribution in [0.15, 0.2) is 30.3 Å². The van der Waals surface area contributed by atoms with Gasteiger partial charge in [-0.25, -0.2) is 0 Å². The largest absolute Gasteiger partial charge is 0.368 e. The first-order chi connectivity index (χ1) is 14.0. The van der Waals surface area contributed by atoms with Crippen molar-refractivity contribution in [2.24, 2.45) is 0 Å². The maximum absolute atomic E-state index is 13.2. The summed E-state index contributed by atoms with van der Waals surface area (Å²) < 4.78 is 0. The Balaban J connectivity index is 1.33. The van der Waals surface area contributed by atoms with Gasteiger partial charge >= 0.3 is 0 Å². The minimum Gasteiger partial charge on any atom is -0.368 e. The maximum atomic E-state index is 13.2.